The summed E-state index contributed by atoms with van der Waals surface area (Å²) in [6.07, 6.45) is 0.613. The molecule has 0 aliphatic carbocycles. The van der Waals surface area contributed by atoms with Crippen LogP contribution in [0.2, 0.25) is 0 Å². The molecule has 0 saturated carbocycles. The summed E-state index contributed by atoms with van der Waals surface area (Å²) < 4.78 is 11.8. The van der Waals surface area contributed by atoms with Crippen molar-refractivity contribution in [3.05, 3.63) is 59.4 Å². The first-order chi connectivity index (χ1) is 16.4. The lowest BCUT2D eigenvalue weighted by Crippen LogP contribution is -2.21. The van der Waals surface area contributed by atoms with Gasteiger partial charge < -0.3 is 31.7 Å². The first kappa shape index (κ1) is 22.0. The Hall–Kier alpha value is -5.18. The third kappa shape index (κ3) is 4.53. The second kappa shape index (κ2) is 9.13. The van der Waals surface area contributed by atoms with E-state index in [0.29, 0.717) is 34.8 Å². The van der Waals surface area contributed by atoms with Gasteiger partial charge in [0, 0.05) is 6.42 Å². The lowest BCUT2D eigenvalue weighted by molar-refractivity contribution is 0.0999. The summed E-state index contributed by atoms with van der Waals surface area (Å²) >= 11 is 0. The third-order valence-electron chi connectivity index (χ3n) is 4.59. The number of amides is 1. The van der Waals surface area contributed by atoms with E-state index in [0.717, 1.165) is 0 Å². The van der Waals surface area contributed by atoms with Crippen molar-refractivity contribution in [1.29, 1.82) is 5.26 Å². The molecule has 12 heteroatoms. The molecule has 170 valence electrons. The molecular weight excluding hydrogens is 438 g/mol. The molecule has 7 N–H and O–H groups in total. The molecule has 0 aliphatic rings. The minimum Gasteiger partial charge on any atom is -0.437 e. The summed E-state index contributed by atoms with van der Waals surface area (Å²) in [5.74, 6) is 0.387. The van der Waals surface area contributed by atoms with Crippen molar-refractivity contribution in [2.75, 3.05) is 0 Å². The second-order valence-corrected chi connectivity index (χ2v) is 6.94. The highest BCUT2D eigenvalue weighted by Gasteiger charge is 2.18. The fraction of sp³-hybridized carbons (Fsp3) is 0.0909. The van der Waals surface area contributed by atoms with Gasteiger partial charge in [-0.2, -0.15) is 15.2 Å². The van der Waals surface area contributed by atoms with Crippen LogP contribution < -0.4 is 26.7 Å². The number of hydrogen-bond donors (Lipinski definition) is 4. The lowest BCUT2D eigenvalue weighted by Gasteiger charge is -2.10. The highest BCUT2D eigenvalue weighted by atomic mass is 16.5. The Balaban J connectivity index is 1.78. The zero-order valence-electron chi connectivity index (χ0n) is 17.9. The lowest BCUT2D eigenvalue weighted by atomic mass is 10.1. The van der Waals surface area contributed by atoms with Gasteiger partial charge >= 0.3 is 6.01 Å². The Bertz CT molecular complexity index is 1470. The van der Waals surface area contributed by atoms with E-state index in [1.807, 2.05) is 13.0 Å². The van der Waals surface area contributed by atoms with Crippen molar-refractivity contribution < 1.29 is 14.3 Å². The van der Waals surface area contributed by atoms with Gasteiger partial charge in [-0.05, 0) is 30.3 Å². The molecule has 0 aliphatic heterocycles. The van der Waals surface area contributed by atoms with Crippen molar-refractivity contribution in [3.63, 3.8) is 0 Å². The molecule has 2 heterocycles. The number of nitrogens with one attached hydrogen (secondary N) is 1. The van der Waals surface area contributed by atoms with Crippen LogP contribution in [0.4, 0.5) is 5.69 Å². The van der Waals surface area contributed by atoms with Gasteiger partial charge in [-0.25, -0.2) is 9.98 Å². The molecule has 0 spiro atoms. The fourth-order valence-corrected chi connectivity index (χ4v) is 3.06. The number of aromatic nitrogens is 4. The quantitative estimate of drug-likeness (QED) is 0.237. The standard InChI is InChI=1S/C22H19N9O3/c1-2-16-28-17-19(29-16)30-22(34-15-6-4-3-5-14(15)27-21(25)26)31-20(17)33-12-8-7-11(10-23)13(9-12)18(24)32/h3-9H,2H2,1H3,(H2,24,32)(H4,25,26,27)(H,28,29,30,31). The summed E-state index contributed by atoms with van der Waals surface area (Å²) in [4.78, 5) is 32.0. The van der Waals surface area contributed by atoms with E-state index in [4.69, 9.17) is 26.7 Å². The number of aryl methyl sites for hydroxylation is 1. The molecule has 0 bridgehead atoms. The smallest absolute Gasteiger partial charge is 0.327 e. The van der Waals surface area contributed by atoms with E-state index in [2.05, 4.69) is 24.9 Å². The van der Waals surface area contributed by atoms with Gasteiger partial charge in [-0.1, -0.05) is 19.1 Å². The van der Waals surface area contributed by atoms with Crippen LogP contribution in [0.5, 0.6) is 23.4 Å². The molecule has 0 fully saturated rings. The molecule has 0 atom stereocenters. The largest absolute Gasteiger partial charge is 0.437 e. The van der Waals surface area contributed by atoms with Gasteiger partial charge in [0.2, 0.25) is 5.91 Å². The monoisotopic (exact) mass is 457 g/mol. The SMILES string of the molecule is CCc1nc2nc(Oc3ccccc3N=C(N)N)nc(Oc3ccc(C#N)c(C(N)=O)c3)c2[nH]1. The molecule has 1 amide bonds. The van der Waals surface area contributed by atoms with Crippen LogP contribution in [-0.4, -0.2) is 31.8 Å². The van der Waals surface area contributed by atoms with E-state index >= 15 is 0 Å². The van der Waals surface area contributed by atoms with Gasteiger partial charge in [-0.3, -0.25) is 4.79 Å². The van der Waals surface area contributed by atoms with Crippen molar-refractivity contribution >= 4 is 28.7 Å². The number of carbonyl (C=O) groups is 1. The zero-order valence-corrected chi connectivity index (χ0v) is 17.9. The van der Waals surface area contributed by atoms with Crippen LogP contribution in [0.15, 0.2) is 47.5 Å². The normalized spacial score (nSPS) is 10.5. The Morgan fingerprint density at radius 1 is 1.12 bits per heavy atom. The number of hydrogen-bond acceptors (Lipinski definition) is 8. The number of benzene rings is 2. The van der Waals surface area contributed by atoms with E-state index in [-0.39, 0.29) is 34.7 Å². The number of primary amides is 1. The van der Waals surface area contributed by atoms with Gasteiger partial charge in [-0.15, -0.1) is 0 Å². The summed E-state index contributed by atoms with van der Waals surface area (Å²) in [6.45, 7) is 1.92. The molecule has 34 heavy (non-hydrogen) atoms. The van der Waals surface area contributed by atoms with Crippen molar-refractivity contribution in [2.45, 2.75) is 13.3 Å². The number of imidazole rings is 1. The van der Waals surface area contributed by atoms with Crippen LogP contribution in [0.1, 0.15) is 28.7 Å². The molecule has 4 rings (SSSR count). The molecular formula is C22H19N9O3. The maximum atomic E-state index is 11.7. The Morgan fingerprint density at radius 2 is 1.91 bits per heavy atom. The number of ether oxygens (including phenoxy) is 2. The van der Waals surface area contributed by atoms with Crippen LogP contribution in [0.3, 0.4) is 0 Å². The molecule has 0 saturated heterocycles. The predicted molar refractivity (Wildman–Crippen MR) is 123 cm³/mol. The second-order valence-electron chi connectivity index (χ2n) is 6.94. The van der Waals surface area contributed by atoms with Crippen LogP contribution in [0, 0.1) is 11.3 Å². The van der Waals surface area contributed by atoms with Gasteiger partial charge in [0.15, 0.2) is 17.4 Å². The number of para-hydroxylation sites is 2. The molecule has 2 aromatic carbocycles. The topological polar surface area (TPSA) is 204 Å². The van der Waals surface area contributed by atoms with E-state index < -0.39 is 5.91 Å². The summed E-state index contributed by atoms with van der Waals surface area (Å²) in [5, 5.41) is 9.20. The Labute approximate surface area is 193 Å². The van der Waals surface area contributed by atoms with E-state index in [9.17, 15) is 10.1 Å². The maximum Gasteiger partial charge on any atom is 0.327 e. The minimum absolute atomic E-state index is 0.0202. The number of aliphatic imine (C=N–C) groups is 1. The maximum absolute atomic E-state index is 11.7. The Morgan fingerprint density at radius 3 is 2.62 bits per heavy atom. The van der Waals surface area contributed by atoms with E-state index in [1.54, 1.807) is 24.3 Å². The van der Waals surface area contributed by atoms with Crippen LogP contribution in [0.25, 0.3) is 11.2 Å². The van der Waals surface area contributed by atoms with Gasteiger partial charge in [0.25, 0.3) is 5.88 Å². The molecule has 4 aromatic rings. The molecule has 12 nitrogen and oxygen atoms in total. The van der Waals surface area contributed by atoms with Crippen molar-refractivity contribution in [2.24, 2.45) is 22.2 Å². The van der Waals surface area contributed by atoms with Crippen molar-refractivity contribution in [1.82, 2.24) is 19.9 Å². The highest BCUT2D eigenvalue weighted by Crippen LogP contribution is 2.33. The number of H-pyrrole nitrogens is 1. The highest BCUT2D eigenvalue weighted by molar-refractivity contribution is 5.95. The number of guanidine groups is 1. The summed E-state index contributed by atoms with van der Waals surface area (Å²) in [5.41, 5.74) is 17.6. The summed E-state index contributed by atoms with van der Waals surface area (Å²) in [7, 11) is 0. The Kier molecular flexibility index (Phi) is 5.91. The first-order valence-corrected chi connectivity index (χ1v) is 10.0. The number of rotatable bonds is 7. The molecule has 0 radical (unpaired) electrons. The van der Waals surface area contributed by atoms with Crippen molar-refractivity contribution in [3.8, 4) is 29.5 Å². The van der Waals surface area contributed by atoms with Gasteiger partial charge in [0.05, 0.1) is 17.2 Å². The fourth-order valence-electron chi connectivity index (χ4n) is 3.06. The molecule has 0 unspecified atom stereocenters. The van der Waals surface area contributed by atoms with E-state index in [1.165, 1.54) is 18.2 Å². The number of nitrogens with zero attached hydrogens (tertiary/aromatic N) is 5. The van der Waals surface area contributed by atoms with Gasteiger partial charge in [0.1, 0.15) is 22.8 Å². The third-order valence-corrected chi connectivity index (χ3v) is 4.59. The number of aromatic amines is 1. The van der Waals surface area contributed by atoms with Crippen LogP contribution >= 0.6 is 0 Å². The minimum atomic E-state index is -0.759. The first-order valence-electron chi connectivity index (χ1n) is 10.0. The number of nitrogens with two attached hydrogens (primary N) is 3. The summed E-state index contributed by atoms with van der Waals surface area (Å²) in [6, 6.07) is 13.0. The predicted octanol–water partition coefficient (Wildman–Crippen LogP) is 2.38. The average Bonchev–Trinajstić information content (AvgIpc) is 3.23. The average molecular weight is 457 g/mol. The zero-order chi connectivity index (χ0) is 24.2. The number of nitriles is 1. The van der Waals surface area contributed by atoms with Crippen LogP contribution in [-0.2, 0) is 6.42 Å². The number of fused-ring (bicyclic) bond motifs is 1. The number of carbonyl (C=O) groups excluding carboxylic acids is 1. The molecule has 2 aromatic heterocycles.